The summed E-state index contributed by atoms with van der Waals surface area (Å²) in [5.41, 5.74) is 0. The summed E-state index contributed by atoms with van der Waals surface area (Å²) >= 11 is 5.44. The van der Waals surface area contributed by atoms with Gasteiger partial charge < -0.3 is 36.0 Å². The van der Waals surface area contributed by atoms with Gasteiger partial charge >= 0.3 is 6.03 Å². The Morgan fingerprint density at radius 3 is 2.43 bits per heavy atom. The number of ether oxygens (including phenoxy) is 1. The second-order valence-electron chi connectivity index (χ2n) is 4.57. The Kier molecular flexibility index (Phi) is 7.12. The molecule has 0 radical (unpaired) electrons. The molecule has 1 rings (SSSR count). The fraction of sp³-hybridized carbons (Fsp3) is 0.818. The second kappa shape index (κ2) is 8.35. The van der Waals surface area contributed by atoms with Gasteiger partial charge in [0.2, 0.25) is 5.91 Å². The molecule has 1 aliphatic heterocycles. The number of urea groups is 1. The Labute approximate surface area is 126 Å². The lowest BCUT2D eigenvalue weighted by atomic mass is 9.96. The summed E-state index contributed by atoms with van der Waals surface area (Å²) in [6.07, 6.45) is -4.99. The molecule has 3 amide bonds. The lowest BCUT2D eigenvalue weighted by Crippen LogP contribution is -2.68. The normalized spacial score (nSPS) is 32.3. The van der Waals surface area contributed by atoms with Crippen LogP contribution >= 0.6 is 11.6 Å². The standard InChI is InChI=1S/C11H20ClN3O6/c1-5(17)14-7-9(19)8(18)6(4-16)21-10(7)15-11(20)13-3-2-12/h6-10,16,18-19H,2-4H2,1H3,(H,14,17)(H2,13,15,20)/t6-,7-,8-,9-,10-/m1/s1. The minimum absolute atomic E-state index is 0.217. The maximum absolute atomic E-state index is 11.6. The number of amides is 3. The quantitative estimate of drug-likeness (QED) is 0.308. The van der Waals surface area contributed by atoms with Crippen molar-refractivity contribution in [3.8, 4) is 0 Å². The highest BCUT2D eigenvalue weighted by molar-refractivity contribution is 6.18. The topological polar surface area (TPSA) is 140 Å². The van der Waals surface area contributed by atoms with E-state index in [2.05, 4.69) is 16.0 Å². The largest absolute Gasteiger partial charge is 0.394 e. The molecular weight excluding hydrogens is 306 g/mol. The third-order valence-corrected chi connectivity index (χ3v) is 3.14. The zero-order valence-corrected chi connectivity index (χ0v) is 12.2. The van der Waals surface area contributed by atoms with Crippen molar-refractivity contribution < 1.29 is 29.6 Å². The predicted molar refractivity (Wildman–Crippen MR) is 72.6 cm³/mol. The van der Waals surface area contributed by atoms with Crippen LogP contribution in [0.2, 0.25) is 0 Å². The van der Waals surface area contributed by atoms with Gasteiger partial charge in [0, 0.05) is 19.3 Å². The summed E-state index contributed by atoms with van der Waals surface area (Å²) in [6, 6.07) is -1.67. The number of hydrogen-bond acceptors (Lipinski definition) is 6. The highest BCUT2D eigenvalue weighted by atomic mass is 35.5. The first kappa shape index (κ1) is 17.9. The van der Waals surface area contributed by atoms with E-state index in [1.165, 1.54) is 6.92 Å². The van der Waals surface area contributed by atoms with E-state index in [0.29, 0.717) is 0 Å². The van der Waals surface area contributed by atoms with Crippen molar-refractivity contribution in [1.29, 1.82) is 0 Å². The molecule has 0 unspecified atom stereocenters. The van der Waals surface area contributed by atoms with Crippen molar-refractivity contribution in [3.63, 3.8) is 0 Å². The molecule has 0 saturated carbocycles. The Balaban J connectivity index is 2.78. The van der Waals surface area contributed by atoms with E-state index >= 15 is 0 Å². The van der Waals surface area contributed by atoms with Crippen LogP contribution in [-0.2, 0) is 9.53 Å². The first-order valence-electron chi connectivity index (χ1n) is 6.40. The van der Waals surface area contributed by atoms with Gasteiger partial charge in [0.05, 0.1) is 6.61 Å². The van der Waals surface area contributed by atoms with Gasteiger partial charge in [-0.25, -0.2) is 4.79 Å². The highest BCUT2D eigenvalue weighted by Gasteiger charge is 2.45. The van der Waals surface area contributed by atoms with E-state index in [9.17, 15) is 19.8 Å². The summed E-state index contributed by atoms with van der Waals surface area (Å²) < 4.78 is 5.30. The molecule has 5 atom stereocenters. The Hall–Kier alpha value is -1.13. The molecule has 122 valence electrons. The maximum atomic E-state index is 11.6. The third kappa shape index (κ3) is 4.97. The van der Waals surface area contributed by atoms with Gasteiger partial charge in [0.1, 0.15) is 24.4 Å². The number of aliphatic hydroxyl groups is 3. The van der Waals surface area contributed by atoms with Crippen LogP contribution in [0.4, 0.5) is 4.79 Å². The average molecular weight is 326 g/mol. The van der Waals surface area contributed by atoms with Crippen molar-refractivity contribution in [2.45, 2.75) is 37.5 Å². The number of aliphatic hydroxyl groups excluding tert-OH is 3. The molecule has 0 aromatic heterocycles. The molecule has 1 saturated heterocycles. The predicted octanol–water partition coefficient (Wildman–Crippen LogP) is -2.53. The van der Waals surface area contributed by atoms with E-state index in [1.54, 1.807) is 0 Å². The van der Waals surface area contributed by atoms with Crippen LogP contribution < -0.4 is 16.0 Å². The molecule has 10 heteroatoms. The zero-order chi connectivity index (χ0) is 16.0. The zero-order valence-electron chi connectivity index (χ0n) is 11.5. The van der Waals surface area contributed by atoms with E-state index in [-0.39, 0.29) is 12.4 Å². The number of nitrogens with one attached hydrogen (secondary N) is 3. The van der Waals surface area contributed by atoms with Gasteiger partial charge in [-0.1, -0.05) is 0 Å². The van der Waals surface area contributed by atoms with E-state index < -0.39 is 49.1 Å². The summed E-state index contributed by atoms with van der Waals surface area (Å²) in [5, 5.41) is 36.1. The monoisotopic (exact) mass is 325 g/mol. The Morgan fingerprint density at radius 1 is 1.24 bits per heavy atom. The molecule has 1 aliphatic rings. The molecular formula is C11H20ClN3O6. The lowest BCUT2D eigenvalue weighted by molar-refractivity contribution is -0.199. The van der Waals surface area contributed by atoms with Crippen LogP contribution in [0.25, 0.3) is 0 Å². The smallest absolute Gasteiger partial charge is 0.316 e. The SMILES string of the molecule is CC(=O)N[C@@H]1[C@@H](O)[C@H](O)[C@@H](CO)O[C@H]1NC(=O)NCCCl. The maximum Gasteiger partial charge on any atom is 0.316 e. The van der Waals surface area contributed by atoms with Gasteiger partial charge in [-0.2, -0.15) is 0 Å². The summed E-state index contributed by atoms with van der Waals surface area (Å²) in [4.78, 5) is 22.8. The van der Waals surface area contributed by atoms with Crippen molar-refractivity contribution in [3.05, 3.63) is 0 Å². The molecule has 0 aromatic carbocycles. The van der Waals surface area contributed by atoms with Crippen molar-refractivity contribution in [1.82, 2.24) is 16.0 Å². The summed E-state index contributed by atoms with van der Waals surface area (Å²) in [5.74, 6) is -0.250. The molecule has 21 heavy (non-hydrogen) atoms. The minimum atomic E-state index is -1.40. The van der Waals surface area contributed by atoms with E-state index in [0.717, 1.165) is 0 Å². The van der Waals surface area contributed by atoms with Gasteiger partial charge in [-0.05, 0) is 0 Å². The number of rotatable bonds is 5. The molecule has 0 aliphatic carbocycles. The van der Waals surface area contributed by atoms with Gasteiger partial charge in [0.25, 0.3) is 0 Å². The number of alkyl halides is 1. The fourth-order valence-electron chi connectivity index (χ4n) is 1.98. The van der Waals surface area contributed by atoms with Crippen molar-refractivity contribution >= 4 is 23.5 Å². The molecule has 0 aromatic rings. The molecule has 9 nitrogen and oxygen atoms in total. The molecule has 0 spiro atoms. The van der Waals surface area contributed by atoms with Crippen LogP contribution in [-0.4, -0.2) is 76.9 Å². The second-order valence-corrected chi connectivity index (χ2v) is 4.95. The van der Waals surface area contributed by atoms with Crippen molar-refractivity contribution in [2.75, 3.05) is 19.0 Å². The molecule has 6 N–H and O–H groups in total. The van der Waals surface area contributed by atoms with E-state index in [1.807, 2.05) is 0 Å². The first-order valence-corrected chi connectivity index (χ1v) is 6.94. The minimum Gasteiger partial charge on any atom is -0.394 e. The van der Waals surface area contributed by atoms with Gasteiger partial charge in [0.15, 0.2) is 6.23 Å². The van der Waals surface area contributed by atoms with Crippen LogP contribution in [0, 0.1) is 0 Å². The molecule has 0 bridgehead atoms. The third-order valence-electron chi connectivity index (χ3n) is 2.95. The number of hydrogen-bond donors (Lipinski definition) is 6. The van der Waals surface area contributed by atoms with Crippen LogP contribution in [0.3, 0.4) is 0 Å². The fourth-order valence-corrected chi connectivity index (χ4v) is 2.07. The van der Waals surface area contributed by atoms with Crippen LogP contribution in [0.1, 0.15) is 6.92 Å². The Bertz CT molecular complexity index is 372. The lowest BCUT2D eigenvalue weighted by Gasteiger charge is -2.42. The average Bonchev–Trinajstić information content (AvgIpc) is 2.44. The first-order chi connectivity index (χ1) is 9.90. The molecule has 1 fully saturated rings. The highest BCUT2D eigenvalue weighted by Crippen LogP contribution is 2.19. The number of carbonyl (C=O) groups is 2. The molecule has 1 heterocycles. The number of halogens is 1. The van der Waals surface area contributed by atoms with Gasteiger partial charge in [-0.15, -0.1) is 11.6 Å². The number of carbonyl (C=O) groups excluding carboxylic acids is 2. The van der Waals surface area contributed by atoms with Crippen LogP contribution in [0.15, 0.2) is 0 Å². The van der Waals surface area contributed by atoms with Crippen molar-refractivity contribution in [2.24, 2.45) is 0 Å². The van der Waals surface area contributed by atoms with Gasteiger partial charge in [-0.3, -0.25) is 4.79 Å². The van der Waals surface area contributed by atoms with E-state index in [4.69, 9.17) is 21.4 Å². The summed E-state index contributed by atoms with van der Waals surface area (Å²) in [6.45, 7) is 0.897. The summed E-state index contributed by atoms with van der Waals surface area (Å²) in [7, 11) is 0. The van der Waals surface area contributed by atoms with Crippen LogP contribution in [0.5, 0.6) is 0 Å². The Morgan fingerprint density at radius 2 is 1.90 bits per heavy atom.